The Bertz CT molecular complexity index is 969. The molecule has 1 amide bonds. The van der Waals surface area contributed by atoms with Crippen molar-refractivity contribution >= 4 is 26.0 Å². The highest BCUT2D eigenvalue weighted by Gasteiger charge is 2.31. The Kier molecular flexibility index (Phi) is 7.77. The lowest BCUT2D eigenvalue weighted by Gasteiger charge is -2.33. The highest BCUT2D eigenvalue weighted by Crippen LogP contribution is 2.25. The number of hydrogen-bond acceptors (Lipinski definition) is 5. The minimum absolute atomic E-state index is 0.0175. The molecule has 0 aromatic heterocycles. The van der Waals surface area contributed by atoms with Gasteiger partial charge in [-0.25, -0.2) is 21.6 Å². The van der Waals surface area contributed by atoms with Crippen LogP contribution in [0.4, 0.5) is 0 Å². The van der Waals surface area contributed by atoms with Crippen LogP contribution in [0.25, 0.3) is 0 Å². The fraction of sp³-hybridized carbons (Fsp3) is 0.667. The monoisotopic (exact) mass is 471 g/mol. The summed E-state index contributed by atoms with van der Waals surface area (Å²) in [6, 6.07) is 5.99. The van der Waals surface area contributed by atoms with Gasteiger partial charge >= 0.3 is 0 Å². The summed E-state index contributed by atoms with van der Waals surface area (Å²) >= 11 is 0. The first-order chi connectivity index (χ1) is 14.6. The number of nitrogens with zero attached hydrogens (tertiary/aromatic N) is 2. The van der Waals surface area contributed by atoms with Crippen LogP contribution in [0.2, 0.25) is 0 Å². The van der Waals surface area contributed by atoms with Gasteiger partial charge in [0, 0.05) is 37.3 Å². The molecular weight excluding hydrogens is 438 g/mol. The number of sulfonamides is 2. The Morgan fingerprint density at radius 3 is 2.23 bits per heavy atom. The topological polar surface area (TPSA) is 104 Å². The van der Waals surface area contributed by atoms with Crippen LogP contribution in [0.15, 0.2) is 29.2 Å². The second-order valence-corrected chi connectivity index (χ2v) is 12.3. The minimum Gasteiger partial charge on any atom is -0.339 e. The zero-order chi connectivity index (χ0) is 22.6. The summed E-state index contributed by atoms with van der Waals surface area (Å²) < 4.78 is 54.1. The van der Waals surface area contributed by atoms with Crippen molar-refractivity contribution in [3.05, 3.63) is 29.8 Å². The summed E-state index contributed by atoms with van der Waals surface area (Å²) in [6.45, 7) is 5.21. The maximum Gasteiger partial charge on any atom is 0.253 e. The first-order valence-corrected chi connectivity index (χ1v) is 14.1. The molecule has 0 radical (unpaired) electrons. The maximum atomic E-state index is 13.0. The maximum absolute atomic E-state index is 13.0. The van der Waals surface area contributed by atoms with Gasteiger partial charge in [0.1, 0.15) is 0 Å². The second kappa shape index (κ2) is 9.97. The van der Waals surface area contributed by atoms with Crippen LogP contribution in [0.3, 0.4) is 0 Å². The van der Waals surface area contributed by atoms with Crippen molar-refractivity contribution in [1.29, 1.82) is 0 Å². The first-order valence-electron chi connectivity index (χ1n) is 11.1. The van der Waals surface area contributed by atoms with Gasteiger partial charge in [0.05, 0.1) is 10.6 Å². The fourth-order valence-corrected chi connectivity index (χ4v) is 7.40. The van der Waals surface area contributed by atoms with Gasteiger partial charge in [-0.15, -0.1) is 0 Å². The van der Waals surface area contributed by atoms with Gasteiger partial charge in [-0.05, 0) is 63.3 Å². The number of rotatable bonds is 7. The number of likely N-dealkylation sites (tertiary alicyclic amines) is 1. The number of carbonyl (C=O) groups excluding carboxylic acids is 1. The molecule has 0 spiro atoms. The lowest BCUT2D eigenvalue weighted by molar-refractivity contribution is 0.0711. The van der Waals surface area contributed by atoms with Crippen LogP contribution in [-0.4, -0.2) is 69.4 Å². The van der Waals surface area contributed by atoms with Crippen molar-refractivity contribution in [1.82, 2.24) is 13.9 Å². The molecular formula is C21H33N3O5S2. The molecule has 2 fully saturated rings. The number of benzene rings is 1. The molecule has 1 unspecified atom stereocenters. The predicted molar refractivity (Wildman–Crippen MR) is 120 cm³/mol. The molecule has 1 N–H and O–H groups in total. The summed E-state index contributed by atoms with van der Waals surface area (Å²) in [5.74, 6) is -0.0532. The minimum atomic E-state index is -3.56. The molecule has 31 heavy (non-hydrogen) atoms. The highest BCUT2D eigenvalue weighted by molar-refractivity contribution is 7.89. The van der Waals surface area contributed by atoms with Crippen LogP contribution in [0.1, 0.15) is 62.7 Å². The molecule has 0 bridgehead atoms. The van der Waals surface area contributed by atoms with Crippen LogP contribution in [-0.2, 0) is 20.0 Å². The van der Waals surface area contributed by atoms with E-state index in [1.54, 1.807) is 21.3 Å². The third-order valence-corrected chi connectivity index (χ3v) is 9.72. The molecule has 8 nitrogen and oxygen atoms in total. The Balaban J connectivity index is 1.61. The lowest BCUT2D eigenvalue weighted by Crippen LogP contribution is -2.47. The van der Waals surface area contributed by atoms with E-state index < -0.39 is 20.0 Å². The molecule has 2 aliphatic heterocycles. The number of piperidine rings is 2. The fourth-order valence-electron chi connectivity index (χ4n) is 4.30. The largest absolute Gasteiger partial charge is 0.339 e. The van der Waals surface area contributed by atoms with Crippen molar-refractivity contribution < 1.29 is 21.6 Å². The third-order valence-electron chi connectivity index (χ3n) is 6.05. The van der Waals surface area contributed by atoms with Gasteiger partial charge in [0.2, 0.25) is 20.0 Å². The molecule has 3 rings (SSSR count). The molecule has 10 heteroatoms. The van der Waals surface area contributed by atoms with Crippen LogP contribution >= 0.6 is 0 Å². The number of nitrogens with one attached hydrogen (secondary N) is 1. The van der Waals surface area contributed by atoms with E-state index in [4.69, 9.17) is 0 Å². The van der Waals surface area contributed by atoms with E-state index in [9.17, 15) is 21.6 Å². The third kappa shape index (κ3) is 5.85. The Hall–Kier alpha value is -1.49. The average molecular weight is 472 g/mol. The van der Waals surface area contributed by atoms with Gasteiger partial charge < -0.3 is 4.90 Å². The zero-order valence-corrected chi connectivity index (χ0v) is 19.9. The SMILES string of the molecule is CCCS(=O)(=O)NC1CCN(C(=O)c2ccc(S(=O)(=O)N3CCCCC3C)cc2)CC1. The van der Waals surface area contributed by atoms with Crippen LogP contribution in [0.5, 0.6) is 0 Å². The Labute approximate surface area is 186 Å². The zero-order valence-electron chi connectivity index (χ0n) is 18.3. The van der Waals surface area contributed by atoms with Crippen molar-refractivity contribution in [2.75, 3.05) is 25.4 Å². The standard InChI is InChI=1S/C21H33N3O5S2/c1-3-16-30(26,27)22-19-11-14-23(15-12-19)21(25)18-7-9-20(10-8-18)31(28,29)24-13-5-4-6-17(24)2/h7-10,17,19,22H,3-6,11-16H2,1-2H3. The van der Waals surface area contributed by atoms with E-state index in [2.05, 4.69) is 4.72 Å². The number of hydrogen-bond donors (Lipinski definition) is 1. The van der Waals surface area contributed by atoms with E-state index in [0.717, 1.165) is 19.3 Å². The smallest absolute Gasteiger partial charge is 0.253 e. The molecule has 0 saturated carbocycles. The van der Waals surface area contributed by atoms with Crippen LogP contribution in [0, 0.1) is 0 Å². The van der Waals surface area contributed by atoms with Crippen molar-refractivity contribution in [3.63, 3.8) is 0 Å². The van der Waals surface area contributed by atoms with E-state index in [1.807, 2.05) is 13.8 Å². The van der Waals surface area contributed by atoms with Crippen molar-refractivity contribution in [2.45, 2.75) is 69.4 Å². The predicted octanol–water partition coefficient (Wildman–Crippen LogP) is 2.18. The van der Waals surface area contributed by atoms with Gasteiger partial charge in [-0.2, -0.15) is 4.31 Å². The molecule has 2 heterocycles. The average Bonchev–Trinajstić information content (AvgIpc) is 2.74. The summed E-state index contributed by atoms with van der Waals surface area (Å²) in [6.07, 6.45) is 4.46. The van der Waals surface area contributed by atoms with Crippen molar-refractivity contribution in [2.24, 2.45) is 0 Å². The summed E-state index contributed by atoms with van der Waals surface area (Å²) in [5, 5.41) is 0. The van der Waals surface area contributed by atoms with Gasteiger partial charge in [0.25, 0.3) is 5.91 Å². The Morgan fingerprint density at radius 1 is 1.00 bits per heavy atom. The molecule has 2 aliphatic rings. The molecule has 174 valence electrons. The molecule has 2 saturated heterocycles. The summed E-state index contributed by atoms with van der Waals surface area (Å²) in [4.78, 5) is 14.7. The number of amides is 1. The van der Waals surface area contributed by atoms with E-state index in [1.165, 1.54) is 12.1 Å². The van der Waals surface area contributed by atoms with E-state index >= 15 is 0 Å². The lowest BCUT2D eigenvalue weighted by atomic mass is 10.0. The van der Waals surface area contributed by atoms with Gasteiger partial charge in [-0.3, -0.25) is 4.79 Å². The van der Waals surface area contributed by atoms with Gasteiger partial charge in [-0.1, -0.05) is 13.3 Å². The molecule has 1 atom stereocenters. The number of carbonyl (C=O) groups is 1. The molecule has 0 aliphatic carbocycles. The molecule has 1 aromatic rings. The second-order valence-electron chi connectivity index (χ2n) is 8.49. The molecule has 1 aromatic carbocycles. The van der Waals surface area contributed by atoms with E-state index in [0.29, 0.717) is 44.5 Å². The Morgan fingerprint density at radius 2 is 1.65 bits per heavy atom. The highest BCUT2D eigenvalue weighted by atomic mass is 32.2. The van der Waals surface area contributed by atoms with Crippen molar-refractivity contribution in [3.8, 4) is 0 Å². The summed E-state index contributed by atoms with van der Waals surface area (Å²) in [7, 11) is -6.83. The van der Waals surface area contributed by atoms with E-state index in [-0.39, 0.29) is 28.6 Å². The summed E-state index contributed by atoms with van der Waals surface area (Å²) in [5.41, 5.74) is 0.440. The van der Waals surface area contributed by atoms with Crippen LogP contribution < -0.4 is 4.72 Å². The first kappa shape index (κ1) is 24.2. The quantitative estimate of drug-likeness (QED) is 0.656. The van der Waals surface area contributed by atoms with Gasteiger partial charge in [0.15, 0.2) is 0 Å². The normalized spacial score (nSPS) is 21.9.